The molecule has 3 heterocycles. The Labute approximate surface area is 351 Å². The van der Waals surface area contributed by atoms with Gasteiger partial charge in [0.25, 0.3) is 11.8 Å². The van der Waals surface area contributed by atoms with Crippen LogP contribution < -0.4 is 44.1 Å². The van der Waals surface area contributed by atoms with E-state index in [4.69, 9.17) is 23.9 Å². The van der Waals surface area contributed by atoms with Gasteiger partial charge in [0.2, 0.25) is 5.91 Å². The van der Waals surface area contributed by atoms with E-state index >= 15 is 0 Å². The second kappa shape index (κ2) is 17.0. The first kappa shape index (κ1) is 40.4. The summed E-state index contributed by atoms with van der Waals surface area (Å²) < 4.78 is 26.1. The number of carbonyl (C=O) groups is 3. The van der Waals surface area contributed by atoms with Crippen molar-refractivity contribution in [3.63, 3.8) is 0 Å². The second-order valence-electron chi connectivity index (χ2n) is 15.0. The van der Waals surface area contributed by atoms with Crippen molar-refractivity contribution in [1.29, 1.82) is 0 Å². The van der Waals surface area contributed by atoms with Gasteiger partial charge >= 0.3 is 0 Å². The molecule has 5 aromatic carbocycles. The van der Waals surface area contributed by atoms with E-state index in [-0.39, 0.29) is 37.0 Å². The number of rotatable bonds is 13. The monoisotopic (exact) mass is 826 g/mol. The summed E-state index contributed by atoms with van der Waals surface area (Å²) in [5.74, 6) is 1.13. The number of aliphatic imine (C=N–C) groups is 1. The molecule has 13 nitrogen and oxygen atoms in total. The van der Waals surface area contributed by atoms with E-state index in [1.165, 1.54) is 7.11 Å². The van der Waals surface area contributed by atoms with Gasteiger partial charge in [0, 0.05) is 55.4 Å². The number of anilines is 4. The smallest absolute Gasteiger partial charge is 0.261 e. The van der Waals surface area contributed by atoms with Crippen LogP contribution >= 0.6 is 9.39 Å². The minimum absolute atomic E-state index is 0.0922. The summed E-state index contributed by atoms with van der Waals surface area (Å²) in [7, 11) is 9.26. The number of amides is 3. The number of fused-ring (bicyclic) bond motifs is 5. The quantitative estimate of drug-likeness (QED) is 0.119. The third-order valence-corrected chi connectivity index (χ3v) is 11.4. The predicted molar refractivity (Wildman–Crippen MR) is 237 cm³/mol. The lowest BCUT2D eigenvalue weighted by Crippen LogP contribution is -2.37. The first-order valence-corrected chi connectivity index (χ1v) is 20.2. The maximum absolute atomic E-state index is 14.0. The van der Waals surface area contributed by atoms with E-state index in [0.717, 1.165) is 40.0 Å². The molecule has 0 bridgehead atoms. The molecule has 3 amide bonds. The lowest BCUT2D eigenvalue weighted by Gasteiger charge is -2.24. The number of nitrogens with one attached hydrogen (secondary N) is 2. The van der Waals surface area contributed by atoms with Crippen molar-refractivity contribution < 1.29 is 33.3 Å². The summed E-state index contributed by atoms with van der Waals surface area (Å²) in [4.78, 5) is 49.3. The molecule has 3 aliphatic rings. The molecule has 308 valence electrons. The van der Waals surface area contributed by atoms with Crippen molar-refractivity contribution >= 4 is 61.8 Å². The molecule has 5 aromatic rings. The molecule has 8 rings (SSSR count). The van der Waals surface area contributed by atoms with Crippen LogP contribution in [0.2, 0.25) is 0 Å². The van der Waals surface area contributed by atoms with Crippen LogP contribution in [0.1, 0.15) is 49.9 Å². The van der Waals surface area contributed by atoms with Gasteiger partial charge in [0.1, 0.15) is 13.2 Å². The number of benzene rings is 5. The Bertz CT molecular complexity index is 2530. The fraction of sp³-hybridized carbons (Fsp3) is 0.261. The standard InChI is InChI=1S/C46H47N6O7P/c1-27(47-2)44(53)49-32-17-28(25-58-42-22-36-34(20-40(42)56-4)46(55)52-33(24-48-36)19-31-11-7-9-13-38(31)52)16-29(18-32)26-59-43-23-39(50(3)60)35(21-41(43)57-5)45(54)51-15-14-30-10-6-8-12-37(30)51/h6-13,16-18,20-24,27,33,47H,14-15,19,25-26,60H2,1-5H3,(H,49,53). The Morgan fingerprint density at radius 1 is 0.867 bits per heavy atom. The Kier molecular flexibility index (Phi) is 11.5. The molecule has 0 saturated heterocycles. The normalized spacial score (nSPS) is 15.3. The van der Waals surface area contributed by atoms with Crippen molar-refractivity contribution in [2.75, 3.05) is 54.6 Å². The minimum Gasteiger partial charge on any atom is -0.493 e. The van der Waals surface area contributed by atoms with Crippen LogP contribution in [0.4, 0.5) is 28.4 Å². The van der Waals surface area contributed by atoms with Crippen molar-refractivity contribution in [2.45, 2.75) is 45.1 Å². The number of nitrogens with zero attached hydrogens (tertiary/aromatic N) is 4. The molecule has 0 spiro atoms. The fourth-order valence-corrected chi connectivity index (χ4v) is 8.09. The third-order valence-electron chi connectivity index (χ3n) is 11.1. The Morgan fingerprint density at radius 3 is 2.20 bits per heavy atom. The molecule has 14 heteroatoms. The molecule has 0 saturated carbocycles. The van der Waals surface area contributed by atoms with Gasteiger partial charge in [-0.05, 0) is 94.5 Å². The summed E-state index contributed by atoms with van der Waals surface area (Å²) in [5.41, 5.74) is 8.09. The molecular formula is C46H47N6O7P. The summed E-state index contributed by atoms with van der Waals surface area (Å²) in [5, 5.41) is 5.97. The van der Waals surface area contributed by atoms with Crippen molar-refractivity contribution in [3.8, 4) is 23.0 Å². The van der Waals surface area contributed by atoms with Crippen LogP contribution in [0.3, 0.4) is 0 Å². The summed E-state index contributed by atoms with van der Waals surface area (Å²) in [6.45, 7) is 2.55. The van der Waals surface area contributed by atoms with Gasteiger partial charge in [-0.3, -0.25) is 24.3 Å². The highest BCUT2D eigenvalue weighted by Crippen LogP contribution is 2.42. The Hall–Kier alpha value is -6.43. The average molecular weight is 827 g/mol. The zero-order valence-electron chi connectivity index (χ0n) is 34.2. The summed E-state index contributed by atoms with van der Waals surface area (Å²) in [6.07, 6.45) is 3.30. The number of carbonyl (C=O) groups excluding carboxylic acids is 3. The Balaban J connectivity index is 1.05. The van der Waals surface area contributed by atoms with Crippen LogP contribution in [-0.2, 0) is 30.8 Å². The van der Waals surface area contributed by atoms with E-state index < -0.39 is 6.04 Å². The molecule has 3 aliphatic heterocycles. The van der Waals surface area contributed by atoms with Gasteiger partial charge in [-0.15, -0.1) is 0 Å². The topological polar surface area (TPSA) is 134 Å². The van der Waals surface area contributed by atoms with Crippen molar-refractivity contribution in [1.82, 2.24) is 5.32 Å². The van der Waals surface area contributed by atoms with Gasteiger partial charge < -0.3 is 39.2 Å². The van der Waals surface area contributed by atoms with E-state index in [2.05, 4.69) is 20.0 Å². The predicted octanol–water partition coefficient (Wildman–Crippen LogP) is 7.12. The number of hydrogen-bond acceptors (Lipinski definition) is 10. The SMILES string of the molecule is CNC(C)C(=O)Nc1cc(COc2cc3c(cc2OC)C(=O)N2c4ccccc4CC2C=N3)cc(COc2cc(N(C)P)c(C(=O)N3CCc4ccccc43)cc2OC)c1. The van der Waals surface area contributed by atoms with Gasteiger partial charge in [0.05, 0.1) is 48.8 Å². The lowest BCUT2D eigenvalue weighted by molar-refractivity contribution is -0.117. The Morgan fingerprint density at radius 2 is 1.52 bits per heavy atom. The van der Waals surface area contributed by atoms with Crippen LogP contribution in [0.15, 0.2) is 96.0 Å². The van der Waals surface area contributed by atoms with E-state index in [1.807, 2.05) is 80.0 Å². The summed E-state index contributed by atoms with van der Waals surface area (Å²) in [6, 6.07) is 27.8. The maximum Gasteiger partial charge on any atom is 0.261 e. The van der Waals surface area contributed by atoms with Gasteiger partial charge in [0.15, 0.2) is 23.0 Å². The maximum atomic E-state index is 14.0. The fourth-order valence-electron chi connectivity index (χ4n) is 7.87. The highest BCUT2D eigenvalue weighted by molar-refractivity contribution is 7.19. The van der Waals surface area contributed by atoms with Gasteiger partial charge in [-0.25, -0.2) is 0 Å². The molecule has 60 heavy (non-hydrogen) atoms. The third kappa shape index (κ3) is 7.86. The van der Waals surface area contributed by atoms with Crippen LogP contribution in [0, 0.1) is 0 Å². The van der Waals surface area contributed by atoms with Crippen molar-refractivity contribution in [3.05, 3.63) is 124 Å². The van der Waals surface area contributed by atoms with Crippen LogP contribution in [0.5, 0.6) is 23.0 Å². The molecule has 3 unspecified atom stereocenters. The molecule has 0 radical (unpaired) electrons. The minimum atomic E-state index is -0.442. The van der Waals surface area contributed by atoms with E-state index in [0.29, 0.717) is 64.2 Å². The number of ether oxygens (including phenoxy) is 4. The largest absolute Gasteiger partial charge is 0.493 e. The van der Waals surface area contributed by atoms with E-state index in [1.54, 1.807) is 59.8 Å². The number of para-hydroxylation sites is 2. The van der Waals surface area contributed by atoms with Crippen LogP contribution in [0.25, 0.3) is 0 Å². The highest BCUT2D eigenvalue weighted by atomic mass is 31.0. The van der Waals surface area contributed by atoms with Gasteiger partial charge in [-0.1, -0.05) is 36.4 Å². The molecular weight excluding hydrogens is 780 g/mol. The lowest BCUT2D eigenvalue weighted by atomic mass is 10.1. The number of likely N-dealkylation sites (N-methyl/N-ethyl adjacent to an activating group) is 1. The molecule has 0 fully saturated rings. The number of hydrogen-bond donors (Lipinski definition) is 2. The highest BCUT2D eigenvalue weighted by Gasteiger charge is 2.36. The molecule has 2 N–H and O–H groups in total. The molecule has 0 aliphatic carbocycles. The van der Waals surface area contributed by atoms with Gasteiger partial charge in [-0.2, -0.15) is 0 Å². The van der Waals surface area contributed by atoms with E-state index in [9.17, 15) is 14.4 Å². The molecule has 3 atom stereocenters. The number of methoxy groups -OCH3 is 2. The zero-order valence-corrected chi connectivity index (χ0v) is 35.3. The first-order valence-electron chi connectivity index (χ1n) is 19.7. The first-order chi connectivity index (χ1) is 29.1. The summed E-state index contributed by atoms with van der Waals surface area (Å²) >= 11 is 0. The average Bonchev–Trinajstić information content (AvgIpc) is 3.84. The molecule has 0 aromatic heterocycles. The van der Waals surface area contributed by atoms with Crippen LogP contribution in [-0.4, -0.2) is 70.9 Å². The zero-order chi connectivity index (χ0) is 42.1. The second-order valence-corrected chi connectivity index (χ2v) is 15.7. The van der Waals surface area contributed by atoms with Crippen molar-refractivity contribution in [2.24, 2.45) is 4.99 Å².